The lowest BCUT2D eigenvalue weighted by Gasteiger charge is -2.15. The highest BCUT2D eigenvalue weighted by molar-refractivity contribution is 7.12. The molecule has 0 saturated carbocycles. The van der Waals surface area contributed by atoms with E-state index in [1.165, 1.54) is 11.3 Å². The number of hydrogen-bond acceptors (Lipinski definition) is 6. The van der Waals surface area contributed by atoms with Crippen molar-refractivity contribution in [2.45, 2.75) is 37.4 Å². The topological polar surface area (TPSA) is 108 Å². The average molecular weight is 390 g/mol. The normalized spacial score (nSPS) is 24.5. The molecule has 2 aromatic rings. The van der Waals surface area contributed by atoms with Crippen LogP contribution in [-0.4, -0.2) is 53.0 Å². The molecular weight excluding hydrogens is 368 g/mol. The number of amides is 2. The van der Waals surface area contributed by atoms with Crippen molar-refractivity contribution >= 4 is 23.2 Å². The second-order valence-corrected chi connectivity index (χ2v) is 7.30. The van der Waals surface area contributed by atoms with Gasteiger partial charge in [-0.15, -0.1) is 11.3 Å². The summed E-state index contributed by atoms with van der Waals surface area (Å²) in [5.74, 6) is -0.544. The summed E-state index contributed by atoms with van der Waals surface area (Å²) >= 11 is 1.31. The Morgan fingerprint density at radius 3 is 2.44 bits per heavy atom. The highest BCUT2D eigenvalue weighted by Crippen LogP contribution is 2.23. The minimum atomic E-state index is -1.18. The second-order valence-electron chi connectivity index (χ2n) is 6.35. The van der Waals surface area contributed by atoms with Gasteiger partial charge >= 0.3 is 0 Å². The fourth-order valence-electron chi connectivity index (χ4n) is 2.90. The van der Waals surface area contributed by atoms with Crippen molar-refractivity contribution < 1.29 is 24.5 Å². The summed E-state index contributed by atoms with van der Waals surface area (Å²) in [5.41, 5.74) is 0.966. The maximum Gasteiger partial charge on any atom is 0.261 e. The molecule has 3 rings (SSSR count). The fraction of sp³-hybridized carbons (Fsp3) is 0.368. The van der Waals surface area contributed by atoms with Gasteiger partial charge < -0.3 is 25.6 Å². The zero-order chi connectivity index (χ0) is 19.2. The van der Waals surface area contributed by atoms with Gasteiger partial charge in [-0.3, -0.25) is 9.59 Å². The molecule has 0 bridgehead atoms. The number of aliphatic hydroxyl groups is 2. The maximum atomic E-state index is 12.1. The molecule has 1 aromatic carbocycles. The molecule has 0 aliphatic carbocycles. The first-order valence-electron chi connectivity index (χ1n) is 8.68. The number of ether oxygens (including phenoxy) is 1. The van der Waals surface area contributed by atoms with Crippen molar-refractivity contribution in [3.63, 3.8) is 0 Å². The van der Waals surface area contributed by atoms with Crippen LogP contribution in [0.15, 0.2) is 47.8 Å². The van der Waals surface area contributed by atoms with Gasteiger partial charge in [0.1, 0.15) is 18.3 Å². The molecule has 4 atom stereocenters. The number of rotatable bonds is 7. The first-order chi connectivity index (χ1) is 13.0. The Labute approximate surface area is 161 Å². The SMILES string of the molecule is O=C(C[C@H]1O[C@H](CNC(=O)c2cccs2)[C@@H](O)[C@H]1O)NCc1ccccc1. The fourth-order valence-corrected chi connectivity index (χ4v) is 3.54. The van der Waals surface area contributed by atoms with Gasteiger partial charge in [0.25, 0.3) is 5.91 Å². The van der Waals surface area contributed by atoms with E-state index in [9.17, 15) is 19.8 Å². The predicted octanol–water partition coefficient (Wildman–Crippen LogP) is 0.674. The standard InChI is InChI=1S/C19H22N2O5S/c22-16(20-10-12-5-2-1-3-6-12)9-13-17(23)18(24)14(26-13)11-21-19(25)15-7-4-8-27-15/h1-8,13-14,17-18,23-24H,9-11H2,(H,20,22)(H,21,25)/t13-,14-,17+,18-/m1/s1. The highest BCUT2D eigenvalue weighted by atomic mass is 32.1. The quantitative estimate of drug-likeness (QED) is 0.556. The van der Waals surface area contributed by atoms with Gasteiger partial charge in [0, 0.05) is 13.1 Å². The zero-order valence-electron chi connectivity index (χ0n) is 14.6. The molecule has 2 heterocycles. The smallest absolute Gasteiger partial charge is 0.261 e. The Bertz CT molecular complexity index is 753. The van der Waals surface area contributed by atoms with Crippen molar-refractivity contribution in [1.82, 2.24) is 10.6 Å². The van der Waals surface area contributed by atoms with Crippen LogP contribution in [0.2, 0.25) is 0 Å². The zero-order valence-corrected chi connectivity index (χ0v) is 15.4. The predicted molar refractivity (Wildman–Crippen MR) is 100 cm³/mol. The first-order valence-corrected chi connectivity index (χ1v) is 9.56. The summed E-state index contributed by atoms with van der Waals surface area (Å²) in [6.07, 6.45) is -4.01. The van der Waals surface area contributed by atoms with Gasteiger partial charge in [-0.1, -0.05) is 36.4 Å². The lowest BCUT2D eigenvalue weighted by molar-refractivity contribution is -0.125. The van der Waals surface area contributed by atoms with E-state index in [0.29, 0.717) is 11.4 Å². The van der Waals surface area contributed by atoms with Crippen molar-refractivity contribution in [2.75, 3.05) is 6.54 Å². The van der Waals surface area contributed by atoms with Gasteiger partial charge in [0.2, 0.25) is 5.91 Å². The minimum Gasteiger partial charge on any atom is -0.388 e. The first kappa shape index (κ1) is 19.5. The summed E-state index contributed by atoms with van der Waals surface area (Å²) in [6, 6.07) is 12.9. The van der Waals surface area contributed by atoms with E-state index in [2.05, 4.69) is 10.6 Å². The van der Waals surface area contributed by atoms with Gasteiger partial charge in [-0.25, -0.2) is 0 Å². The van der Waals surface area contributed by atoms with Crippen molar-refractivity contribution in [2.24, 2.45) is 0 Å². The number of carbonyl (C=O) groups excluding carboxylic acids is 2. The molecule has 1 aliphatic heterocycles. The highest BCUT2D eigenvalue weighted by Gasteiger charge is 2.43. The molecule has 1 saturated heterocycles. The number of benzene rings is 1. The lowest BCUT2D eigenvalue weighted by Crippen LogP contribution is -2.40. The molecule has 0 radical (unpaired) electrons. The third-order valence-corrected chi connectivity index (χ3v) is 5.26. The largest absolute Gasteiger partial charge is 0.388 e. The van der Waals surface area contributed by atoms with E-state index in [0.717, 1.165) is 5.56 Å². The van der Waals surface area contributed by atoms with E-state index in [-0.39, 0.29) is 24.8 Å². The summed E-state index contributed by atoms with van der Waals surface area (Å²) in [5, 5.41) is 27.5. The van der Waals surface area contributed by atoms with Crippen molar-refractivity contribution in [3.05, 3.63) is 58.3 Å². The van der Waals surface area contributed by atoms with Gasteiger partial charge in [0.15, 0.2) is 0 Å². The van der Waals surface area contributed by atoms with E-state index in [4.69, 9.17) is 4.74 Å². The van der Waals surface area contributed by atoms with Crippen LogP contribution in [0.3, 0.4) is 0 Å². The minimum absolute atomic E-state index is 0.0527. The van der Waals surface area contributed by atoms with Gasteiger partial charge in [-0.2, -0.15) is 0 Å². The van der Waals surface area contributed by atoms with Crippen LogP contribution in [0.5, 0.6) is 0 Å². The molecule has 1 fully saturated rings. The van der Waals surface area contributed by atoms with Crippen LogP contribution in [0.1, 0.15) is 21.7 Å². The Morgan fingerprint density at radius 2 is 1.74 bits per heavy atom. The molecule has 1 aromatic heterocycles. The van der Waals surface area contributed by atoms with Gasteiger partial charge in [-0.05, 0) is 17.0 Å². The molecule has 27 heavy (non-hydrogen) atoms. The van der Waals surface area contributed by atoms with Crippen LogP contribution in [0.4, 0.5) is 0 Å². The number of carbonyl (C=O) groups is 2. The van der Waals surface area contributed by atoms with E-state index in [1.54, 1.807) is 17.5 Å². The summed E-state index contributed by atoms with van der Waals surface area (Å²) in [4.78, 5) is 24.6. The Hall–Kier alpha value is -2.26. The maximum absolute atomic E-state index is 12.1. The molecule has 7 nitrogen and oxygen atoms in total. The molecule has 2 amide bonds. The lowest BCUT2D eigenvalue weighted by atomic mass is 10.1. The molecular formula is C19H22N2O5S. The summed E-state index contributed by atoms with van der Waals surface area (Å²) in [6.45, 7) is 0.433. The van der Waals surface area contributed by atoms with Crippen LogP contribution < -0.4 is 10.6 Å². The van der Waals surface area contributed by atoms with Crippen molar-refractivity contribution in [1.29, 1.82) is 0 Å². The van der Waals surface area contributed by atoms with Crippen LogP contribution in [-0.2, 0) is 16.1 Å². The average Bonchev–Trinajstić information content (AvgIpc) is 3.30. The summed E-state index contributed by atoms with van der Waals surface area (Å²) in [7, 11) is 0. The van der Waals surface area contributed by atoms with E-state index >= 15 is 0 Å². The third-order valence-electron chi connectivity index (χ3n) is 4.39. The number of aliphatic hydroxyl groups excluding tert-OH is 2. The molecule has 0 spiro atoms. The third kappa shape index (κ3) is 5.14. The molecule has 8 heteroatoms. The Kier molecular flexibility index (Phi) is 6.57. The van der Waals surface area contributed by atoms with E-state index in [1.807, 2.05) is 30.3 Å². The van der Waals surface area contributed by atoms with E-state index < -0.39 is 24.4 Å². The van der Waals surface area contributed by atoms with Crippen molar-refractivity contribution in [3.8, 4) is 0 Å². The molecule has 144 valence electrons. The van der Waals surface area contributed by atoms with Crippen LogP contribution in [0, 0.1) is 0 Å². The van der Waals surface area contributed by atoms with Gasteiger partial charge in [0.05, 0.1) is 17.4 Å². The Balaban J connectivity index is 1.46. The van der Waals surface area contributed by atoms with Crippen LogP contribution in [0.25, 0.3) is 0 Å². The molecule has 4 N–H and O–H groups in total. The summed E-state index contributed by atoms with van der Waals surface area (Å²) < 4.78 is 5.60. The number of hydrogen-bond donors (Lipinski definition) is 4. The molecule has 0 unspecified atom stereocenters. The molecule has 1 aliphatic rings. The second kappa shape index (κ2) is 9.09. The number of nitrogens with one attached hydrogen (secondary N) is 2. The van der Waals surface area contributed by atoms with Crippen LogP contribution >= 0.6 is 11.3 Å². The number of thiophene rings is 1. The monoisotopic (exact) mass is 390 g/mol. The Morgan fingerprint density at radius 1 is 1.00 bits per heavy atom.